The van der Waals surface area contributed by atoms with Crippen LogP contribution in [0.15, 0.2) is 48.9 Å². The Bertz CT molecular complexity index is 1740. The number of ketones is 1. The van der Waals surface area contributed by atoms with Gasteiger partial charge in [-0.2, -0.15) is 5.26 Å². The van der Waals surface area contributed by atoms with E-state index in [2.05, 4.69) is 28.7 Å². The van der Waals surface area contributed by atoms with Crippen molar-refractivity contribution < 1.29 is 9.59 Å². The zero-order chi connectivity index (χ0) is 27.4. The highest BCUT2D eigenvalue weighted by Gasteiger charge is 2.32. The Morgan fingerprint density at radius 3 is 2.75 bits per heavy atom. The van der Waals surface area contributed by atoms with E-state index in [0.717, 1.165) is 70.4 Å². The number of aromatic nitrogens is 3. The summed E-state index contributed by atoms with van der Waals surface area (Å²) in [4.78, 5) is 35.5. The number of likely N-dealkylation sites (tertiary alicyclic amines) is 1. The molecule has 3 aliphatic rings. The van der Waals surface area contributed by atoms with Crippen LogP contribution in [0, 0.1) is 17.2 Å². The molecule has 1 aromatic carbocycles. The van der Waals surface area contributed by atoms with Gasteiger partial charge in [-0.3, -0.25) is 9.20 Å². The Kier molecular flexibility index (Phi) is 5.96. The highest BCUT2D eigenvalue weighted by molar-refractivity contribution is 6.33. The molecule has 2 amide bonds. The first-order valence-corrected chi connectivity index (χ1v) is 14.3. The first kappa shape index (κ1) is 24.6. The molecule has 0 atom stereocenters. The molecule has 0 spiro atoms. The van der Waals surface area contributed by atoms with Crippen molar-refractivity contribution >= 4 is 39.5 Å². The average molecular weight is 533 g/mol. The predicted molar refractivity (Wildman–Crippen MR) is 153 cm³/mol. The SMILES string of the molecule is CCC1CCN(C(=O)N2CCn3cc(C4=C(c5cnc6ccccn56)CCC4=O)c4cc(C#N)cc(c43)C2)CC1. The van der Waals surface area contributed by atoms with Gasteiger partial charge in [-0.05, 0) is 60.6 Å². The summed E-state index contributed by atoms with van der Waals surface area (Å²) in [5, 5.41) is 10.8. The van der Waals surface area contributed by atoms with E-state index in [9.17, 15) is 14.9 Å². The molecule has 3 aromatic heterocycles. The second-order valence-corrected chi connectivity index (χ2v) is 11.3. The van der Waals surface area contributed by atoms with E-state index >= 15 is 0 Å². The van der Waals surface area contributed by atoms with Gasteiger partial charge in [0, 0.05) is 68.1 Å². The summed E-state index contributed by atoms with van der Waals surface area (Å²) in [6.07, 6.45) is 10.3. The van der Waals surface area contributed by atoms with Gasteiger partial charge in [0.15, 0.2) is 5.78 Å². The third kappa shape index (κ3) is 3.91. The Morgan fingerprint density at radius 1 is 1.10 bits per heavy atom. The van der Waals surface area contributed by atoms with Crippen molar-refractivity contribution in [2.24, 2.45) is 5.92 Å². The molecule has 1 fully saturated rings. The lowest BCUT2D eigenvalue weighted by atomic mass is 9.94. The Hall–Kier alpha value is -4.38. The van der Waals surface area contributed by atoms with E-state index in [0.29, 0.717) is 44.0 Å². The number of imidazole rings is 1. The summed E-state index contributed by atoms with van der Waals surface area (Å²) in [5.74, 6) is 0.825. The first-order valence-electron chi connectivity index (χ1n) is 14.3. The van der Waals surface area contributed by atoms with Crippen LogP contribution in [-0.2, 0) is 17.9 Å². The zero-order valence-corrected chi connectivity index (χ0v) is 22.8. The lowest BCUT2D eigenvalue weighted by Gasteiger charge is -2.35. The number of piperidine rings is 1. The summed E-state index contributed by atoms with van der Waals surface area (Å²) in [6.45, 7) is 5.51. The highest BCUT2D eigenvalue weighted by atomic mass is 16.2. The summed E-state index contributed by atoms with van der Waals surface area (Å²) >= 11 is 0. The largest absolute Gasteiger partial charge is 0.345 e. The van der Waals surface area contributed by atoms with Gasteiger partial charge in [0.25, 0.3) is 0 Å². The number of hydrogen-bond donors (Lipinski definition) is 0. The Labute approximate surface area is 233 Å². The van der Waals surface area contributed by atoms with Crippen LogP contribution in [0.4, 0.5) is 4.79 Å². The number of benzene rings is 1. The minimum Gasteiger partial charge on any atom is -0.345 e. The summed E-state index contributed by atoms with van der Waals surface area (Å²) in [6, 6.07) is 12.1. The zero-order valence-electron chi connectivity index (χ0n) is 22.8. The van der Waals surface area contributed by atoms with Crippen molar-refractivity contribution in [3.63, 3.8) is 0 Å². The van der Waals surface area contributed by atoms with Crippen LogP contribution in [0.2, 0.25) is 0 Å². The maximum Gasteiger partial charge on any atom is 0.320 e. The lowest BCUT2D eigenvalue weighted by molar-refractivity contribution is -0.113. The fraction of sp³-hybridized carbons (Fsp3) is 0.375. The van der Waals surface area contributed by atoms with E-state index in [-0.39, 0.29) is 11.8 Å². The second kappa shape index (κ2) is 9.67. The number of allylic oxidation sites excluding steroid dienone is 2. The molecule has 0 bridgehead atoms. The molecular weight excluding hydrogens is 500 g/mol. The van der Waals surface area contributed by atoms with Gasteiger partial charge in [0.05, 0.1) is 29.0 Å². The molecule has 2 aliphatic heterocycles. The van der Waals surface area contributed by atoms with Crippen molar-refractivity contribution in [1.82, 2.24) is 23.8 Å². The topological polar surface area (TPSA) is 86.6 Å². The number of pyridine rings is 1. The second-order valence-electron chi connectivity index (χ2n) is 11.3. The van der Waals surface area contributed by atoms with Crippen LogP contribution in [0.25, 0.3) is 27.7 Å². The standard InChI is InChI=1S/C32H32N6O2/c1-2-21-8-11-35(12-9-21)32(40)37-14-13-36-20-26(25-16-22(17-33)15-23(19-37)31(25)36)30-24(6-7-28(30)39)27-18-34-29-5-3-4-10-38(27)29/h3-5,10,15-16,18,20-21H,2,6-9,11-14,19H2,1H3. The van der Waals surface area contributed by atoms with E-state index in [1.807, 2.05) is 56.9 Å². The van der Waals surface area contributed by atoms with Gasteiger partial charge in [-0.1, -0.05) is 19.4 Å². The number of carbonyl (C=O) groups excluding carboxylic acids is 2. The fourth-order valence-corrected chi connectivity index (χ4v) is 6.88. The number of Topliss-reactive ketones (excluding diaryl/α,β-unsaturated/α-hetero) is 1. The predicted octanol–water partition coefficient (Wildman–Crippen LogP) is 5.49. The van der Waals surface area contributed by atoms with Crippen LogP contribution in [0.1, 0.15) is 61.4 Å². The van der Waals surface area contributed by atoms with Crippen LogP contribution in [0.3, 0.4) is 0 Å². The molecule has 0 radical (unpaired) electrons. The van der Waals surface area contributed by atoms with Crippen molar-refractivity contribution in [3.05, 3.63) is 71.3 Å². The number of urea groups is 1. The number of nitriles is 1. The minimum absolute atomic E-state index is 0.0830. The molecule has 8 nitrogen and oxygen atoms in total. The van der Waals surface area contributed by atoms with Crippen LogP contribution >= 0.6 is 0 Å². The molecule has 1 aliphatic carbocycles. The van der Waals surface area contributed by atoms with Crippen LogP contribution in [-0.4, -0.2) is 55.2 Å². The molecule has 8 heteroatoms. The maximum absolute atomic E-state index is 13.6. The van der Waals surface area contributed by atoms with Crippen molar-refractivity contribution in [3.8, 4) is 6.07 Å². The normalized spacial score (nSPS) is 18.1. The van der Waals surface area contributed by atoms with E-state index in [1.165, 1.54) is 6.42 Å². The summed E-state index contributed by atoms with van der Waals surface area (Å²) in [5.41, 5.74) is 6.89. The molecular formula is C32H32N6O2. The molecule has 1 saturated heterocycles. The van der Waals surface area contributed by atoms with E-state index in [1.54, 1.807) is 0 Å². The smallest absolute Gasteiger partial charge is 0.320 e. The number of fused-ring (bicyclic) bond motifs is 1. The van der Waals surface area contributed by atoms with Gasteiger partial charge in [0.1, 0.15) is 5.65 Å². The van der Waals surface area contributed by atoms with Crippen molar-refractivity contribution in [2.75, 3.05) is 19.6 Å². The molecule has 4 aromatic rings. The van der Waals surface area contributed by atoms with Crippen LogP contribution < -0.4 is 0 Å². The minimum atomic E-state index is 0.0830. The molecule has 202 valence electrons. The lowest BCUT2D eigenvalue weighted by Crippen LogP contribution is -2.46. The maximum atomic E-state index is 13.6. The third-order valence-corrected chi connectivity index (χ3v) is 9.06. The molecule has 0 N–H and O–H groups in total. The van der Waals surface area contributed by atoms with Gasteiger partial charge < -0.3 is 14.4 Å². The Balaban J connectivity index is 1.31. The quantitative estimate of drug-likeness (QED) is 0.349. The molecule has 40 heavy (non-hydrogen) atoms. The van der Waals surface area contributed by atoms with Gasteiger partial charge in [-0.15, -0.1) is 0 Å². The summed E-state index contributed by atoms with van der Waals surface area (Å²) in [7, 11) is 0. The van der Waals surface area contributed by atoms with Crippen molar-refractivity contribution in [1.29, 1.82) is 5.26 Å². The first-order chi connectivity index (χ1) is 19.6. The van der Waals surface area contributed by atoms with E-state index < -0.39 is 0 Å². The van der Waals surface area contributed by atoms with Crippen LogP contribution in [0.5, 0.6) is 0 Å². The highest BCUT2D eigenvalue weighted by Crippen LogP contribution is 2.42. The average Bonchev–Trinajstić information content (AvgIpc) is 3.65. The Morgan fingerprint density at radius 2 is 1.95 bits per heavy atom. The molecule has 0 saturated carbocycles. The number of rotatable bonds is 3. The molecule has 7 rings (SSSR count). The molecule has 0 unspecified atom stereocenters. The monoisotopic (exact) mass is 532 g/mol. The van der Waals surface area contributed by atoms with Gasteiger partial charge in [0.2, 0.25) is 0 Å². The fourth-order valence-electron chi connectivity index (χ4n) is 6.88. The number of hydrogen-bond acceptors (Lipinski definition) is 4. The number of nitrogens with zero attached hydrogens (tertiary/aromatic N) is 6. The molecule has 5 heterocycles. The van der Waals surface area contributed by atoms with Gasteiger partial charge in [-0.25, -0.2) is 9.78 Å². The van der Waals surface area contributed by atoms with Gasteiger partial charge >= 0.3 is 6.03 Å². The van der Waals surface area contributed by atoms with E-state index in [4.69, 9.17) is 0 Å². The summed E-state index contributed by atoms with van der Waals surface area (Å²) < 4.78 is 4.22. The van der Waals surface area contributed by atoms with Crippen molar-refractivity contribution in [2.45, 2.75) is 52.1 Å². The number of carbonyl (C=O) groups is 2. The number of amides is 2. The third-order valence-electron chi connectivity index (χ3n) is 9.06.